The fourth-order valence-electron chi connectivity index (χ4n) is 7.52. The van der Waals surface area contributed by atoms with E-state index in [9.17, 15) is 13.6 Å². The van der Waals surface area contributed by atoms with Gasteiger partial charge in [-0.25, -0.2) is 32.5 Å². The minimum Gasteiger partial charge on any atom is -0.491 e. The molecule has 0 spiro atoms. The lowest BCUT2D eigenvalue weighted by Crippen LogP contribution is -2.46. The minimum atomic E-state index is -1.52. The third-order valence-corrected chi connectivity index (χ3v) is 11.0. The Morgan fingerprint density at radius 3 is 2.22 bits per heavy atom. The van der Waals surface area contributed by atoms with E-state index >= 15 is 0 Å². The first kappa shape index (κ1) is 38.9. The highest BCUT2D eigenvalue weighted by molar-refractivity contribution is 5.54. The van der Waals surface area contributed by atoms with Crippen LogP contribution >= 0.6 is 0 Å². The van der Waals surface area contributed by atoms with Crippen LogP contribution in [0.2, 0.25) is 0 Å². The maximum Gasteiger partial charge on any atom is 0.350 e. The SMILES string of the molecule is CC(NCCc1ccccc1)C(C)n1ncn(-c2ccc(N3CCN(c4ccc(OCC5COC(Cn6cncn6)(c6ccc(F)cc6F)O5)cc4)CC3)cc2)c1=O. The summed E-state index contributed by atoms with van der Waals surface area (Å²) in [6.07, 6.45) is 4.86. The summed E-state index contributed by atoms with van der Waals surface area (Å²) in [5.41, 5.74) is 4.16. The van der Waals surface area contributed by atoms with Gasteiger partial charge in [0.2, 0.25) is 5.79 Å². The molecule has 0 aliphatic carbocycles. The van der Waals surface area contributed by atoms with Gasteiger partial charge >= 0.3 is 5.69 Å². The van der Waals surface area contributed by atoms with Crippen molar-refractivity contribution in [2.24, 2.45) is 0 Å². The highest BCUT2D eigenvalue weighted by Crippen LogP contribution is 2.38. The quantitative estimate of drug-likeness (QED) is 0.146. The third kappa shape index (κ3) is 8.66. The topological polar surface area (TPSA) is 117 Å². The number of anilines is 2. The molecule has 4 heterocycles. The van der Waals surface area contributed by atoms with Crippen LogP contribution in [-0.4, -0.2) is 87.2 Å². The van der Waals surface area contributed by atoms with E-state index in [0.29, 0.717) is 5.75 Å². The summed E-state index contributed by atoms with van der Waals surface area (Å²) in [4.78, 5) is 22.0. The Bertz CT molecular complexity index is 2300. The number of nitrogens with zero attached hydrogens (tertiary/aromatic N) is 8. The first-order valence-electron chi connectivity index (χ1n) is 19.6. The van der Waals surface area contributed by atoms with Gasteiger partial charge in [-0.05, 0) is 93.0 Å². The lowest BCUT2D eigenvalue weighted by atomic mass is 10.0. The van der Waals surface area contributed by atoms with Gasteiger partial charge in [-0.2, -0.15) is 10.2 Å². The van der Waals surface area contributed by atoms with Gasteiger partial charge in [0.15, 0.2) is 0 Å². The summed E-state index contributed by atoms with van der Waals surface area (Å²) in [6.45, 7) is 8.61. The van der Waals surface area contributed by atoms with Crippen molar-refractivity contribution in [2.75, 3.05) is 55.7 Å². The molecule has 2 fully saturated rings. The van der Waals surface area contributed by atoms with Crippen LogP contribution in [0.4, 0.5) is 20.2 Å². The van der Waals surface area contributed by atoms with E-state index in [1.165, 1.54) is 35.0 Å². The Kier molecular flexibility index (Phi) is 11.6. The van der Waals surface area contributed by atoms with E-state index < -0.39 is 23.5 Å². The van der Waals surface area contributed by atoms with E-state index in [2.05, 4.69) is 61.5 Å². The van der Waals surface area contributed by atoms with Crippen molar-refractivity contribution in [1.82, 2.24) is 34.4 Å². The number of rotatable bonds is 15. The summed E-state index contributed by atoms with van der Waals surface area (Å²) in [5, 5.41) is 12.1. The van der Waals surface area contributed by atoms with Gasteiger partial charge in [0.05, 0.1) is 18.3 Å². The van der Waals surface area contributed by atoms with Crippen LogP contribution < -0.4 is 25.5 Å². The van der Waals surface area contributed by atoms with E-state index in [1.54, 1.807) is 15.6 Å². The second kappa shape index (κ2) is 17.3. The first-order chi connectivity index (χ1) is 28.2. The molecule has 4 unspecified atom stereocenters. The zero-order chi connectivity index (χ0) is 40.1. The molecule has 2 saturated heterocycles. The maximum atomic E-state index is 14.9. The van der Waals surface area contributed by atoms with Crippen molar-refractivity contribution in [3.05, 3.63) is 149 Å². The number of hydrogen-bond donors (Lipinski definition) is 1. The van der Waals surface area contributed by atoms with Crippen molar-refractivity contribution in [1.29, 1.82) is 0 Å². The number of piperazine rings is 1. The molecule has 0 radical (unpaired) electrons. The van der Waals surface area contributed by atoms with Crippen molar-refractivity contribution in [3.8, 4) is 11.4 Å². The molecule has 4 atom stereocenters. The molecule has 1 N–H and O–H groups in total. The Morgan fingerprint density at radius 2 is 1.55 bits per heavy atom. The standard InChI is InChI=1S/C43H47F2N9O4/c1-31(47-19-18-33-6-4-3-5-7-33)32(2)54-42(55)53(30-49-54)37-11-9-35(10-12-37)50-20-22-51(23-21-50)36-13-15-38(16-14-36)56-25-39-26-57-43(58-39,27-52-29-46-28-48-52)40-17-8-34(44)24-41(40)45/h3-17,24,28-32,39,47H,18-23,25-27H2,1-2H3. The highest BCUT2D eigenvalue weighted by atomic mass is 19.1. The smallest absolute Gasteiger partial charge is 0.350 e. The molecular weight excluding hydrogens is 745 g/mol. The van der Waals surface area contributed by atoms with Gasteiger partial charge in [0.1, 0.15) is 55.6 Å². The molecule has 2 aromatic heterocycles. The molecular formula is C43H47F2N9O4. The first-order valence-corrected chi connectivity index (χ1v) is 19.6. The van der Waals surface area contributed by atoms with Crippen molar-refractivity contribution >= 4 is 11.4 Å². The predicted molar refractivity (Wildman–Crippen MR) is 215 cm³/mol. The molecule has 0 bridgehead atoms. The predicted octanol–water partition coefficient (Wildman–Crippen LogP) is 5.36. The molecule has 6 aromatic rings. The molecule has 0 amide bonds. The molecule has 8 rings (SSSR count). The average molecular weight is 792 g/mol. The number of halogens is 2. The molecule has 302 valence electrons. The van der Waals surface area contributed by atoms with Crippen molar-refractivity contribution in [2.45, 2.75) is 50.8 Å². The molecule has 0 saturated carbocycles. The molecule has 13 nitrogen and oxygen atoms in total. The lowest BCUT2D eigenvalue weighted by molar-refractivity contribution is -0.192. The van der Waals surface area contributed by atoms with Gasteiger partial charge in [0.25, 0.3) is 0 Å². The molecule has 58 heavy (non-hydrogen) atoms. The Hall–Kier alpha value is -5.90. The fourth-order valence-corrected chi connectivity index (χ4v) is 7.52. The number of ether oxygens (including phenoxy) is 3. The van der Waals surface area contributed by atoms with Crippen LogP contribution in [0.25, 0.3) is 5.69 Å². The maximum absolute atomic E-state index is 14.9. The molecule has 2 aliphatic heterocycles. The largest absolute Gasteiger partial charge is 0.491 e. The summed E-state index contributed by atoms with van der Waals surface area (Å²) >= 11 is 0. The van der Waals surface area contributed by atoms with Crippen LogP contribution in [0.15, 0.2) is 121 Å². The summed E-state index contributed by atoms with van der Waals surface area (Å²) < 4.78 is 51.7. The van der Waals surface area contributed by atoms with Crippen LogP contribution in [0.1, 0.15) is 31.0 Å². The number of nitrogens with one attached hydrogen (secondary N) is 1. The summed E-state index contributed by atoms with van der Waals surface area (Å²) in [6, 6.07) is 29.6. The number of aromatic nitrogens is 6. The zero-order valence-electron chi connectivity index (χ0n) is 32.5. The summed E-state index contributed by atoms with van der Waals surface area (Å²) in [7, 11) is 0. The van der Waals surface area contributed by atoms with Gasteiger partial charge in [-0.1, -0.05) is 30.3 Å². The minimum absolute atomic E-state index is 0.0287. The van der Waals surface area contributed by atoms with Crippen molar-refractivity contribution < 1.29 is 23.0 Å². The fraction of sp³-hybridized carbons (Fsp3) is 0.349. The number of hydrogen-bond acceptors (Lipinski definition) is 10. The molecule has 15 heteroatoms. The average Bonchev–Trinajstić information content (AvgIpc) is 4.01. The Labute approximate surface area is 335 Å². The van der Waals surface area contributed by atoms with Gasteiger partial charge in [0, 0.05) is 55.2 Å². The van der Waals surface area contributed by atoms with E-state index in [-0.39, 0.29) is 43.1 Å². The van der Waals surface area contributed by atoms with Crippen LogP contribution in [-0.2, 0) is 28.2 Å². The highest BCUT2D eigenvalue weighted by Gasteiger charge is 2.46. The van der Waals surface area contributed by atoms with Crippen LogP contribution in [0, 0.1) is 11.6 Å². The Morgan fingerprint density at radius 1 is 0.862 bits per heavy atom. The monoisotopic (exact) mass is 791 g/mol. The van der Waals surface area contributed by atoms with Crippen LogP contribution in [0.3, 0.4) is 0 Å². The van der Waals surface area contributed by atoms with E-state index in [0.717, 1.165) is 62.3 Å². The Balaban J connectivity index is 0.813. The second-order valence-electron chi connectivity index (χ2n) is 14.8. The summed E-state index contributed by atoms with van der Waals surface area (Å²) in [5.74, 6) is -2.31. The van der Waals surface area contributed by atoms with Crippen molar-refractivity contribution in [3.63, 3.8) is 0 Å². The normalized spacial score (nSPS) is 19.3. The van der Waals surface area contributed by atoms with E-state index in [4.69, 9.17) is 14.2 Å². The lowest BCUT2D eigenvalue weighted by Gasteiger charge is -2.37. The molecule has 4 aromatic carbocycles. The van der Waals surface area contributed by atoms with E-state index in [1.807, 2.05) is 61.5 Å². The second-order valence-corrected chi connectivity index (χ2v) is 14.8. The van der Waals surface area contributed by atoms with Gasteiger partial charge < -0.3 is 29.3 Å². The molecule has 2 aliphatic rings. The number of benzene rings is 4. The van der Waals surface area contributed by atoms with Gasteiger partial charge in [-0.15, -0.1) is 0 Å². The van der Waals surface area contributed by atoms with Gasteiger partial charge in [-0.3, -0.25) is 0 Å². The van der Waals surface area contributed by atoms with Crippen LogP contribution in [0.5, 0.6) is 5.75 Å². The third-order valence-electron chi connectivity index (χ3n) is 11.0. The zero-order valence-corrected chi connectivity index (χ0v) is 32.5.